The van der Waals surface area contributed by atoms with E-state index in [9.17, 15) is 4.79 Å². The number of hydrogen-bond donors (Lipinski definition) is 1. The Morgan fingerprint density at radius 2 is 1.89 bits per heavy atom. The van der Waals surface area contributed by atoms with Gasteiger partial charge in [-0.2, -0.15) is 0 Å². The highest BCUT2D eigenvalue weighted by Gasteiger charge is 2.05. The molecule has 1 aromatic carbocycles. The van der Waals surface area contributed by atoms with Crippen molar-refractivity contribution in [2.45, 2.75) is 20.8 Å². The zero-order valence-corrected chi connectivity index (χ0v) is 11.6. The number of carboxylic acid groups (broad SMARTS) is 1. The van der Waals surface area contributed by atoms with E-state index in [4.69, 9.17) is 14.6 Å². The maximum atomic E-state index is 10.5. The first kappa shape index (κ1) is 15.2. The van der Waals surface area contributed by atoms with Gasteiger partial charge in [0, 0.05) is 12.7 Å². The third-order valence-corrected chi connectivity index (χ3v) is 2.58. The highest BCUT2D eigenvalue weighted by molar-refractivity contribution is 5.85. The van der Waals surface area contributed by atoms with Crippen LogP contribution < -0.4 is 4.74 Å². The van der Waals surface area contributed by atoms with Crippen LogP contribution in [0.25, 0.3) is 6.08 Å². The van der Waals surface area contributed by atoms with Crippen LogP contribution in [0.3, 0.4) is 0 Å². The van der Waals surface area contributed by atoms with Crippen LogP contribution in [0, 0.1) is 13.8 Å². The van der Waals surface area contributed by atoms with Crippen LogP contribution in [0.4, 0.5) is 0 Å². The second-order valence-corrected chi connectivity index (χ2v) is 4.20. The van der Waals surface area contributed by atoms with E-state index in [0.29, 0.717) is 19.8 Å². The minimum absolute atomic E-state index is 0.514. The first-order chi connectivity index (χ1) is 9.04. The Kier molecular flexibility index (Phi) is 6.09. The van der Waals surface area contributed by atoms with Crippen LogP contribution in [-0.4, -0.2) is 30.9 Å². The summed E-state index contributed by atoms with van der Waals surface area (Å²) < 4.78 is 10.9. The number of rotatable bonds is 7. The molecule has 0 aliphatic rings. The molecule has 0 unspecified atom stereocenters. The summed E-state index contributed by atoms with van der Waals surface area (Å²) in [6.07, 6.45) is 2.70. The molecule has 0 aliphatic carbocycles. The van der Waals surface area contributed by atoms with Crippen molar-refractivity contribution in [3.63, 3.8) is 0 Å². The van der Waals surface area contributed by atoms with Crippen molar-refractivity contribution in [2.75, 3.05) is 19.8 Å². The van der Waals surface area contributed by atoms with Gasteiger partial charge in [0.1, 0.15) is 12.4 Å². The molecule has 19 heavy (non-hydrogen) atoms. The zero-order valence-electron chi connectivity index (χ0n) is 11.6. The average molecular weight is 264 g/mol. The topological polar surface area (TPSA) is 55.8 Å². The molecule has 1 rings (SSSR count). The molecule has 0 spiro atoms. The van der Waals surface area contributed by atoms with E-state index < -0.39 is 5.97 Å². The summed E-state index contributed by atoms with van der Waals surface area (Å²) in [7, 11) is 0. The number of carbonyl (C=O) groups is 1. The van der Waals surface area contributed by atoms with Gasteiger partial charge in [-0.05, 0) is 55.7 Å². The van der Waals surface area contributed by atoms with Crippen molar-refractivity contribution in [1.82, 2.24) is 0 Å². The fourth-order valence-corrected chi connectivity index (χ4v) is 1.82. The predicted molar refractivity (Wildman–Crippen MR) is 74.6 cm³/mol. The molecule has 4 heteroatoms. The maximum absolute atomic E-state index is 10.5. The Labute approximate surface area is 113 Å². The van der Waals surface area contributed by atoms with E-state index in [1.54, 1.807) is 6.08 Å². The summed E-state index contributed by atoms with van der Waals surface area (Å²) in [5.41, 5.74) is 2.83. The number of hydrogen-bond acceptors (Lipinski definition) is 3. The Bertz CT molecular complexity index is 440. The van der Waals surface area contributed by atoms with E-state index in [1.165, 1.54) is 0 Å². The van der Waals surface area contributed by atoms with Crippen LogP contribution in [0.5, 0.6) is 5.75 Å². The van der Waals surface area contributed by atoms with Crippen LogP contribution in [0.2, 0.25) is 0 Å². The number of aryl methyl sites for hydroxylation is 2. The van der Waals surface area contributed by atoms with Gasteiger partial charge in [0.2, 0.25) is 0 Å². The van der Waals surface area contributed by atoms with Crippen molar-refractivity contribution < 1.29 is 19.4 Å². The van der Waals surface area contributed by atoms with Crippen molar-refractivity contribution >= 4 is 12.0 Å². The molecule has 1 N–H and O–H groups in total. The Hall–Kier alpha value is -1.81. The van der Waals surface area contributed by atoms with Gasteiger partial charge in [-0.15, -0.1) is 0 Å². The minimum atomic E-state index is -0.952. The van der Waals surface area contributed by atoms with E-state index in [-0.39, 0.29) is 0 Å². The molecule has 0 saturated heterocycles. The highest BCUT2D eigenvalue weighted by Crippen LogP contribution is 2.25. The molecular weight excluding hydrogens is 244 g/mol. The van der Waals surface area contributed by atoms with Gasteiger partial charge in [0.15, 0.2) is 0 Å². The Morgan fingerprint density at radius 1 is 1.26 bits per heavy atom. The number of ether oxygens (including phenoxy) is 2. The van der Waals surface area contributed by atoms with Crippen molar-refractivity contribution in [3.05, 3.63) is 34.9 Å². The molecular formula is C15H20O4. The van der Waals surface area contributed by atoms with Gasteiger partial charge in [-0.25, -0.2) is 4.79 Å². The van der Waals surface area contributed by atoms with Gasteiger partial charge >= 0.3 is 5.97 Å². The normalized spacial score (nSPS) is 10.9. The SMILES string of the molecule is CCOCCOc1c(C)cc(/C=C/C(=O)O)cc1C. The van der Waals surface area contributed by atoms with Crippen LogP contribution >= 0.6 is 0 Å². The largest absolute Gasteiger partial charge is 0.491 e. The molecule has 0 fully saturated rings. The minimum Gasteiger partial charge on any atom is -0.491 e. The number of aliphatic carboxylic acids is 1. The number of carboxylic acids is 1. The third kappa shape index (κ3) is 5.14. The van der Waals surface area contributed by atoms with E-state index >= 15 is 0 Å². The first-order valence-electron chi connectivity index (χ1n) is 6.27. The van der Waals surface area contributed by atoms with Gasteiger partial charge in [0.25, 0.3) is 0 Å². The van der Waals surface area contributed by atoms with Gasteiger partial charge in [-0.3, -0.25) is 0 Å². The summed E-state index contributed by atoms with van der Waals surface area (Å²) in [5, 5.41) is 8.61. The summed E-state index contributed by atoms with van der Waals surface area (Å²) in [5.74, 6) is -0.112. The molecule has 0 aromatic heterocycles. The summed E-state index contributed by atoms with van der Waals surface area (Å²) in [4.78, 5) is 10.5. The quantitative estimate of drug-likeness (QED) is 0.607. The fourth-order valence-electron chi connectivity index (χ4n) is 1.82. The van der Waals surface area contributed by atoms with Crippen LogP contribution in [-0.2, 0) is 9.53 Å². The zero-order chi connectivity index (χ0) is 14.3. The molecule has 0 heterocycles. The number of benzene rings is 1. The predicted octanol–water partition coefficient (Wildman–Crippen LogP) is 2.82. The lowest BCUT2D eigenvalue weighted by Gasteiger charge is -2.13. The first-order valence-corrected chi connectivity index (χ1v) is 6.27. The average Bonchev–Trinajstić information content (AvgIpc) is 2.34. The molecule has 0 aliphatic heterocycles. The molecule has 0 atom stereocenters. The molecule has 0 saturated carbocycles. The lowest BCUT2D eigenvalue weighted by molar-refractivity contribution is -0.131. The summed E-state index contributed by atoms with van der Waals surface area (Å²) >= 11 is 0. The summed E-state index contributed by atoms with van der Waals surface area (Å²) in [6.45, 7) is 7.60. The van der Waals surface area contributed by atoms with Gasteiger partial charge < -0.3 is 14.6 Å². The third-order valence-electron chi connectivity index (χ3n) is 2.58. The molecule has 1 aromatic rings. The summed E-state index contributed by atoms with van der Waals surface area (Å²) in [6, 6.07) is 3.81. The second kappa shape index (κ2) is 7.59. The van der Waals surface area contributed by atoms with Crippen LogP contribution in [0.1, 0.15) is 23.6 Å². The maximum Gasteiger partial charge on any atom is 0.328 e. The smallest absolute Gasteiger partial charge is 0.328 e. The van der Waals surface area contributed by atoms with Crippen molar-refractivity contribution in [3.8, 4) is 5.75 Å². The van der Waals surface area contributed by atoms with Crippen LogP contribution in [0.15, 0.2) is 18.2 Å². The van der Waals surface area contributed by atoms with Crippen molar-refractivity contribution in [1.29, 1.82) is 0 Å². The molecule has 104 valence electrons. The molecule has 0 amide bonds. The van der Waals surface area contributed by atoms with E-state index in [1.807, 2.05) is 32.9 Å². The van der Waals surface area contributed by atoms with E-state index in [0.717, 1.165) is 28.5 Å². The molecule has 0 bridgehead atoms. The van der Waals surface area contributed by atoms with Gasteiger partial charge in [-0.1, -0.05) is 0 Å². The Balaban J connectivity index is 2.76. The lowest BCUT2D eigenvalue weighted by atomic mass is 10.1. The van der Waals surface area contributed by atoms with E-state index in [2.05, 4.69) is 0 Å². The fraction of sp³-hybridized carbons (Fsp3) is 0.400. The highest BCUT2D eigenvalue weighted by atomic mass is 16.5. The Morgan fingerprint density at radius 3 is 2.42 bits per heavy atom. The molecule has 0 radical (unpaired) electrons. The van der Waals surface area contributed by atoms with Gasteiger partial charge in [0.05, 0.1) is 6.61 Å². The second-order valence-electron chi connectivity index (χ2n) is 4.20. The molecule has 4 nitrogen and oxygen atoms in total. The van der Waals surface area contributed by atoms with Crippen molar-refractivity contribution in [2.24, 2.45) is 0 Å². The monoisotopic (exact) mass is 264 g/mol. The lowest BCUT2D eigenvalue weighted by Crippen LogP contribution is -2.08. The standard InChI is InChI=1S/C15H20O4/c1-4-18-7-8-19-15-11(2)9-13(10-12(15)3)5-6-14(16)17/h5-6,9-10H,4,7-8H2,1-3H3,(H,16,17)/b6-5+.